The molecule has 0 aromatic heterocycles. The maximum absolute atomic E-state index is 11.8. The number of carbonyl (C=O) groups excluding carboxylic acids is 2. The molecule has 0 fully saturated rings. The van der Waals surface area contributed by atoms with Gasteiger partial charge < -0.3 is 20.1 Å². The Hall–Kier alpha value is -3.13. The lowest BCUT2D eigenvalue weighted by Gasteiger charge is -2.15. The zero-order chi connectivity index (χ0) is 18.9. The first-order chi connectivity index (χ1) is 12.5. The number of ether oxygens (including phenoxy) is 2. The average Bonchev–Trinajstić information content (AvgIpc) is 2.64. The first-order valence-electron chi connectivity index (χ1n) is 7.84. The fourth-order valence-corrected chi connectivity index (χ4v) is 2.15. The second-order valence-electron chi connectivity index (χ2n) is 5.09. The minimum atomic E-state index is -0.689. The third kappa shape index (κ3) is 5.75. The molecule has 8 heteroatoms. The normalized spacial score (nSPS) is 9.77. The van der Waals surface area contributed by atoms with Crippen molar-refractivity contribution in [2.45, 2.75) is 13.3 Å². The van der Waals surface area contributed by atoms with E-state index in [4.69, 9.17) is 17.0 Å². The summed E-state index contributed by atoms with van der Waals surface area (Å²) in [5, 5.41) is 8.00. The van der Waals surface area contributed by atoms with Gasteiger partial charge in [-0.2, -0.15) is 0 Å². The Bertz CT molecular complexity index is 796. The van der Waals surface area contributed by atoms with Gasteiger partial charge in [0, 0.05) is 12.5 Å². The topological polar surface area (TPSA) is 88.7 Å². The second-order valence-corrected chi connectivity index (χ2v) is 5.50. The maximum atomic E-state index is 11.8. The lowest BCUT2D eigenvalue weighted by Crippen LogP contribution is -2.34. The summed E-state index contributed by atoms with van der Waals surface area (Å²) in [5.74, 6) is 1.04. The summed E-state index contributed by atoms with van der Waals surface area (Å²) in [5.41, 5.74) is 0.980. The number of hydrogen-bond donors (Lipinski definition) is 3. The van der Waals surface area contributed by atoms with Crippen molar-refractivity contribution in [3.8, 4) is 11.5 Å². The number of anilines is 2. The highest BCUT2D eigenvalue weighted by Gasteiger charge is 2.11. The van der Waals surface area contributed by atoms with E-state index in [1.54, 1.807) is 25.1 Å². The van der Waals surface area contributed by atoms with Gasteiger partial charge in [0.15, 0.2) is 5.11 Å². The monoisotopic (exact) mass is 373 g/mol. The van der Waals surface area contributed by atoms with Gasteiger partial charge >= 0.3 is 6.09 Å². The summed E-state index contributed by atoms with van der Waals surface area (Å²) < 4.78 is 10.3. The minimum Gasteiger partial charge on any atom is -0.457 e. The Kier molecular flexibility index (Phi) is 6.92. The largest absolute Gasteiger partial charge is 0.457 e. The van der Waals surface area contributed by atoms with Crippen LogP contribution in [-0.2, 0) is 9.53 Å². The van der Waals surface area contributed by atoms with Gasteiger partial charge in [-0.3, -0.25) is 10.1 Å². The number of para-hydroxylation sites is 1. The van der Waals surface area contributed by atoms with Gasteiger partial charge in [-0.25, -0.2) is 4.79 Å². The number of amides is 2. The van der Waals surface area contributed by atoms with Crippen LogP contribution in [0.25, 0.3) is 0 Å². The molecule has 0 aliphatic carbocycles. The summed E-state index contributed by atoms with van der Waals surface area (Å²) in [6.45, 7) is 1.75. The number of nitrogens with one attached hydrogen (secondary N) is 3. The van der Waals surface area contributed by atoms with Crippen molar-refractivity contribution in [3.05, 3.63) is 48.5 Å². The van der Waals surface area contributed by atoms with Crippen molar-refractivity contribution in [3.63, 3.8) is 0 Å². The predicted octanol–water partition coefficient (Wildman–Crippen LogP) is 3.88. The number of carbonyl (C=O) groups is 2. The third-order valence-corrected chi connectivity index (χ3v) is 3.42. The minimum absolute atomic E-state index is 0.0422. The van der Waals surface area contributed by atoms with Crippen LogP contribution < -0.4 is 20.7 Å². The first kappa shape index (κ1) is 19.2. The highest BCUT2D eigenvalue weighted by Crippen LogP contribution is 2.30. The van der Waals surface area contributed by atoms with Crippen LogP contribution >= 0.6 is 12.2 Å². The van der Waals surface area contributed by atoms with Gasteiger partial charge in [0.05, 0.1) is 18.5 Å². The average molecular weight is 373 g/mol. The molecule has 0 aliphatic heterocycles. The van der Waals surface area contributed by atoms with Crippen molar-refractivity contribution in [2.75, 3.05) is 17.7 Å². The summed E-state index contributed by atoms with van der Waals surface area (Å²) in [7, 11) is 1.24. The van der Waals surface area contributed by atoms with Gasteiger partial charge in [-0.1, -0.05) is 25.1 Å². The number of benzene rings is 2. The molecule has 0 unspecified atom stereocenters. The van der Waals surface area contributed by atoms with E-state index in [0.717, 1.165) is 0 Å². The van der Waals surface area contributed by atoms with Crippen LogP contribution in [0.2, 0.25) is 0 Å². The van der Waals surface area contributed by atoms with Crippen LogP contribution in [0.15, 0.2) is 48.5 Å². The van der Waals surface area contributed by atoms with Crippen LogP contribution in [0.5, 0.6) is 11.5 Å². The Morgan fingerprint density at radius 3 is 2.38 bits per heavy atom. The summed E-state index contributed by atoms with van der Waals surface area (Å²) >= 11 is 5.05. The molecule has 0 aliphatic rings. The fourth-order valence-electron chi connectivity index (χ4n) is 1.96. The van der Waals surface area contributed by atoms with E-state index in [1.165, 1.54) is 7.11 Å². The smallest absolute Gasteiger partial charge is 0.413 e. The number of hydrogen-bond acceptors (Lipinski definition) is 5. The summed E-state index contributed by atoms with van der Waals surface area (Å²) in [6.07, 6.45) is -0.376. The molecule has 2 amide bonds. The lowest BCUT2D eigenvalue weighted by molar-refractivity contribution is -0.115. The molecular formula is C18H19N3O4S. The molecule has 2 aromatic carbocycles. The molecule has 0 radical (unpaired) electrons. The SMILES string of the molecule is CCC(=O)Nc1cc(Oc2ccccc2)ccc1NC(=S)NC(=O)OC. The number of rotatable bonds is 5. The van der Waals surface area contributed by atoms with Crippen LogP contribution in [-0.4, -0.2) is 24.2 Å². The molecule has 0 saturated heterocycles. The maximum Gasteiger partial charge on any atom is 0.413 e. The Balaban J connectivity index is 2.21. The number of methoxy groups -OCH3 is 1. The Labute approximate surface area is 156 Å². The van der Waals surface area contributed by atoms with Gasteiger partial charge in [0.25, 0.3) is 0 Å². The van der Waals surface area contributed by atoms with Crippen LogP contribution in [0.4, 0.5) is 16.2 Å². The highest BCUT2D eigenvalue weighted by atomic mass is 32.1. The second kappa shape index (κ2) is 9.38. The van der Waals surface area contributed by atoms with Crippen molar-refractivity contribution in [1.29, 1.82) is 0 Å². The van der Waals surface area contributed by atoms with E-state index < -0.39 is 6.09 Å². The standard InChI is InChI=1S/C18H19N3O4S/c1-3-16(22)19-15-11-13(25-12-7-5-4-6-8-12)9-10-14(15)20-17(26)21-18(23)24-2/h4-11H,3H2,1-2H3,(H,19,22)(H2,20,21,23,26). The van der Waals surface area contributed by atoms with E-state index in [2.05, 4.69) is 20.7 Å². The van der Waals surface area contributed by atoms with Crippen LogP contribution in [0.1, 0.15) is 13.3 Å². The van der Waals surface area contributed by atoms with Gasteiger partial charge in [0.2, 0.25) is 5.91 Å². The zero-order valence-corrected chi connectivity index (χ0v) is 15.2. The third-order valence-electron chi connectivity index (χ3n) is 3.21. The van der Waals surface area contributed by atoms with Crippen molar-refractivity contribution in [2.24, 2.45) is 0 Å². The molecule has 2 rings (SSSR count). The molecule has 136 valence electrons. The van der Waals surface area contributed by atoms with Crippen LogP contribution in [0, 0.1) is 0 Å². The van der Waals surface area contributed by atoms with Crippen molar-refractivity contribution in [1.82, 2.24) is 5.32 Å². The quantitative estimate of drug-likeness (QED) is 0.689. The first-order valence-corrected chi connectivity index (χ1v) is 8.25. The number of thiocarbonyl (C=S) groups is 1. The zero-order valence-electron chi connectivity index (χ0n) is 14.4. The molecule has 0 atom stereocenters. The van der Waals surface area contributed by atoms with E-state index in [9.17, 15) is 9.59 Å². The lowest BCUT2D eigenvalue weighted by atomic mass is 10.2. The molecule has 2 aromatic rings. The summed E-state index contributed by atoms with van der Waals surface area (Å²) in [4.78, 5) is 23.0. The van der Waals surface area contributed by atoms with Gasteiger partial charge in [-0.05, 0) is 36.5 Å². The van der Waals surface area contributed by atoms with E-state index in [-0.39, 0.29) is 11.0 Å². The van der Waals surface area contributed by atoms with Crippen LogP contribution in [0.3, 0.4) is 0 Å². The molecule has 3 N–H and O–H groups in total. The highest BCUT2D eigenvalue weighted by molar-refractivity contribution is 7.80. The number of alkyl carbamates (subject to hydrolysis) is 1. The van der Waals surface area contributed by atoms with Crippen molar-refractivity contribution < 1.29 is 19.1 Å². The fraction of sp³-hybridized carbons (Fsp3) is 0.167. The van der Waals surface area contributed by atoms with Gasteiger partial charge in [-0.15, -0.1) is 0 Å². The molecular weight excluding hydrogens is 354 g/mol. The Morgan fingerprint density at radius 1 is 1.00 bits per heavy atom. The van der Waals surface area contributed by atoms with E-state index in [0.29, 0.717) is 29.3 Å². The predicted molar refractivity (Wildman–Crippen MR) is 104 cm³/mol. The molecule has 0 heterocycles. The van der Waals surface area contributed by atoms with Gasteiger partial charge in [0.1, 0.15) is 11.5 Å². The van der Waals surface area contributed by atoms with Crippen molar-refractivity contribution >= 4 is 40.7 Å². The molecule has 0 spiro atoms. The summed E-state index contributed by atoms with van der Waals surface area (Å²) in [6, 6.07) is 14.3. The molecule has 0 saturated carbocycles. The molecule has 7 nitrogen and oxygen atoms in total. The van der Waals surface area contributed by atoms with E-state index >= 15 is 0 Å². The Morgan fingerprint density at radius 2 is 1.73 bits per heavy atom. The molecule has 0 bridgehead atoms. The molecule has 26 heavy (non-hydrogen) atoms. The van der Waals surface area contributed by atoms with E-state index in [1.807, 2.05) is 30.3 Å².